The van der Waals surface area contributed by atoms with Gasteiger partial charge in [0.1, 0.15) is 5.82 Å². The summed E-state index contributed by atoms with van der Waals surface area (Å²) in [5.41, 5.74) is 7.68. The van der Waals surface area contributed by atoms with Gasteiger partial charge in [-0.15, -0.1) is 0 Å². The highest BCUT2D eigenvalue weighted by Crippen LogP contribution is 2.13. The number of hydrogen-bond acceptors (Lipinski definition) is 2. The molecule has 124 valence electrons. The first-order chi connectivity index (χ1) is 11.5. The van der Waals surface area contributed by atoms with Crippen LogP contribution in [0.4, 0.5) is 4.39 Å². The number of aryl methyl sites for hydroxylation is 1. The molecule has 0 atom stereocenters. The van der Waals surface area contributed by atoms with Crippen LogP contribution in [0.15, 0.2) is 54.6 Å². The van der Waals surface area contributed by atoms with Crippen LogP contribution < -0.4 is 10.9 Å². The minimum atomic E-state index is -0.463. The number of allylic oxidation sites excluding steroid dienone is 1. The molecule has 0 saturated heterocycles. The third-order valence-corrected chi connectivity index (χ3v) is 3.57. The molecule has 24 heavy (non-hydrogen) atoms. The average molecular weight is 326 g/mol. The zero-order valence-electron chi connectivity index (χ0n) is 13.6. The standard InChI is InChI=1S/C19H19FN2O2/c1-3-14-4-6-16(7-5-14)19(24)22-21-18(23)12-13(2)15-8-10-17(20)11-9-15/h4-12H,3H2,1-2H3,(H,21,23)(H,22,24)/b13-12-. The number of carbonyl (C=O) groups excluding carboxylic acids is 2. The Balaban J connectivity index is 1.93. The van der Waals surface area contributed by atoms with Crippen LogP contribution in [-0.4, -0.2) is 11.8 Å². The predicted molar refractivity (Wildman–Crippen MR) is 91.5 cm³/mol. The number of carbonyl (C=O) groups is 2. The summed E-state index contributed by atoms with van der Waals surface area (Å²) in [4.78, 5) is 23.8. The van der Waals surface area contributed by atoms with Crippen molar-refractivity contribution in [3.05, 3.63) is 77.1 Å². The van der Waals surface area contributed by atoms with E-state index in [1.54, 1.807) is 31.2 Å². The van der Waals surface area contributed by atoms with Gasteiger partial charge in [0.05, 0.1) is 0 Å². The molecule has 5 heteroatoms. The van der Waals surface area contributed by atoms with Gasteiger partial charge in [-0.25, -0.2) is 4.39 Å². The second-order valence-electron chi connectivity index (χ2n) is 5.33. The largest absolute Gasteiger partial charge is 0.269 e. The number of rotatable bonds is 4. The van der Waals surface area contributed by atoms with Crippen LogP contribution in [0.5, 0.6) is 0 Å². The lowest BCUT2D eigenvalue weighted by atomic mass is 10.1. The molecule has 2 aromatic rings. The predicted octanol–water partition coefficient (Wildman–Crippen LogP) is 3.25. The number of nitrogens with one attached hydrogen (secondary N) is 2. The van der Waals surface area contributed by atoms with E-state index in [2.05, 4.69) is 10.9 Å². The van der Waals surface area contributed by atoms with E-state index in [9.17, 15) is 14.0 Å². The van der Waals surface area contributed by atoms with Gasteiger partial charge >= 0.3 is 0 Å². The van der Waals surface area contributed by atoms with Gasteiger partial charge in [0.2, 0.25) is 0 Å². The van der Waals surface area contributed by atoms with Crippen LogP contribution in [0.1, 0.15) is 35.3 Å². The third kappa shape index (κ3) is 4.78. The number of amides is 2. The maximum atomic E-state index is 12.9. The Hall–Kier alpha value is -2.95. The minimum absolute atomic E-state index is 0.336. The molecule has 0 bridgehead atoms. The molecule has 0 fully saturated rings. The molecule has 2 rings (SSSR count). The molecule has 0 spiro atoms. The van der Waals surface area contributed by atoms with E-state index in [-0.39, 0.29) is 11.7 Å². The summed E-state index contributed by atoms with van der Waals surface area (Å²) in [6.45, 7) is 3.77. The molecule has 0 aromatic heterocycles. The Bertz CT molecular complexity index is 750. The maximum Gasteiger partial charge on any atom is 0.269 e. The first-order valence-electron chi connectivity index (χ1n) is 7.63. The molecule has 0 unspecified atom stereocenters. The van der Waals surface area contributed by atoms with Crippen LogP contribution >= 0.6 is 0 Å². The molecule has 0 aliphatic heterocycles. The highest BCUT2D eigenvalue weighted by Gasteiger charge is 2.06. The molecule has 0 saturated carbocycles. The van der Waals surface area contributed by atoms with Crippen molar-refractivity contribution in [3.63, 3.8) is 0 Å². The first kappa shape index (κ1) is 17.4. The second kappa shape index (κ2) is 8.06. The Morgan fingerprint density at radius 2 is 1.54 bits per heavy atom. The van der Waals surface area contributed by atoms with Crippen LogP contribution in [-0.2, 0) is 11.2 Å². The molecule has 2 amide bonds. The lowest BCUT2D eigenvalue weighted by Crippen LogP contribution is -2.40. The fourth-order valence-electron chi connectivity index (χ4n) is 2.11. The van der Waals surface area contributed by atoms with Crippen molar-refractivity contribution in [2.24, 2.45) is 0 Å². The SMILES string of the molecule is CCc1ccc(C(=O)NNC(=O)/C=C(/C)c2ccc(F)cc2)cc1. The minimum Gasteiger partial charge on any atom is -0.268 e. The quantitative estimate of drug-likeness (QED) is 0.669. The molecular weight excluding hydrogens is 307 g/mol. The van der Waals surface area contributed by atoms with Gasteiger partial charge < -0.3 is 0 Å². The Kier molecular flexibility index (Phi) is 5.84. The number of benzene rings is 2. The molecule has 2 aromatic carbocycles. The van der Waals surface area contributed by atoms with Crippen molar-refractivity contribution < 1.29 is 14.0 Å². The lowest BCUT2D eigenvalue weighted by molar-refractivity contribution is -0.117. The highest BCUT2D eigenvalue weighted by atomic mass is 19.1. The molecule has 0 aliphatic rings. The zero-order valence-corrected chi connectivity index (χ0v) is 13.6. The molecule has 4 nitrogen and oxygen atoms in total. The van der Waals surface area contributed by atoms with E-state index in [1.807, 2.05) is 19.1 Å². The van der Waals surface area contributed by atoms with Gasteiger partial charge in [-0.05, 0) is 54.3 Å². The summed E-state index contributed by atoms with van der Waals surface area (Å²) in [6, 6.07) is 13.0. The van der Waals surface area contributed by atoms with Crippen LogP contribution in [0, 0.1) is 5.82 Å². The summed E-state index contributed by atoms with van der Waals surface area (Å²) in [5.74, 6) is -1.19. The van der Waals surface area contributed by atoms with Crippen LogP contribution in [0.25, 0.3) is 5.57 Å². The number of hydrogen-bond donors (Lipinski definition) is 2. The van der Waals surface area contributed by atoms with Crippen molar-refractivity contribution in [2.75, 3.05) is 0 Å². The third-order valence-electron chi connectivity index (χ3n) is 3.57. The molecular formula is C19H19FN2O2. The van der Waals surface area contributed by atoms with E-state index in [1.165, 1.54) is 18.2 Å². The van der Waals surface area contributed by atoms with Gasteiger partial charge in [0, 0.05) is 11.6 Å². The number of hydrazine groups is 1. The van der Waals surface area contributed by atoms with Gasteiger partial charge in [-0.1, -0.05) is 31.2 Å². The summed E-state index contributed by atoms with van der Waals surface area (Å²) in [7, 11) is 0. The van der Waals surface area contributed by atoms with Gasteiger partial charge in [0.25, 0.3) is 11.8 Å². The second-order valence-corrected chi connectivity index (χ2v) is 5.33. The average Bonchev–Trinajstić information content (AvgIpc) is 2.60. The van der Waals surface area contributed by atoms with E-state index in [0.717, 1.165) is 17.5 Å². The lowest BCUT2D eigenvalue weighted by Gasteiger charge is -2.07. The highest BCUT2D eigenvalue weighted by molar-refractivity contribution is 5.99. The van der Waals surface area contributed by atoms with E-state index in [0.29, 0.717) is 11.1 Å². The van der Waals surface area contributed by atoms with Gasteiger partial charge in [-0.3, -0.25) is 20.4 Å². The van der Waals surface area contributed by atoms with Crippen molar-refractivity contribution in [1.82, 2.24) is 10.9 Å². The number of halogens is 1. The molecule has 2 N–H and O–H groups in total. The van der Waals surface area contributed by atoms with E-state index >= 15 is 0 Å². The zero-order chi connectivity index (χ0) is 17.5. The summed E-state index contributed by atoms with van der Waals surface area (Å²) >= 11 is 0. The van der Waals surface area contributed by atoms with Crippen molar-refractivity contribution >= 4 is 17.4 Å². The Morgan fingerprint density at radius 1 is 0.958 bits per heavy atom. The Labute approximate surface area is 140 Å². The monoisotopic (exact) mass is 326 g/mol. The van der Waals surface area contributed by atoms with Gasteiger partial charge in [-0.2, -0.15) is 0 Å². The molecule has 0 aliphatic carbocycles. The van der Waals surface area contributed by atoms with E-state index in [4.69, 9.17) is 0 Å². The normalized spacial score (nSPS) is 11.0. The molecule has 0 radical (unpaired) electrons. The summed E-state index contributed by atoms with van der Waals surface area (Å²) in [6.07, 6.45) is 2.24. The summed E-state index contributed by atoms with van der Waals surface area (Å²) in [5, 5.41) is 0. The molecule has 0 heterocycles. The maximum absolute atomic E-state index is 12.9. The van der Waals surface area contributed by atoms with Crippen LogP contribution in [0.3, 0.4) is 0 Å². The Morgan fingerprint density at radius 3 is 2.12 bits per heavy atom. The topological polar surface area (TPSA) is 58.2 Å². The van der Waals surface area contributed by atoms with Crippen molar-refractivity contribution in [1.29, 1.82) is 0 Å². The fourth-order valence-corrected chi connectivity index (χ4v) is 2.11. The first-order valence-corrected chi connectivity index (χ1v) is 7.63. The summed E-state index contributed by atoms with van der Waals surface area (Å²) < 4.78 is 12.9. The van der Waals surface area contributed by atoms with Crippen LogP contribution in [0.2, 0.25) is 0 Å². The van der Waals surface area contributed by atoms with Gasteiger partial charge in [0.15, 0.2) is 0 Å². The van der Waals surface area contributed by atoms with E-state index < -0.39 is 5.91 Å². The van der Waals surface area contributed by atoms with Crippen molar-refractivity contribution in [3.8, 4) is 0 Å². The fraction of sp³-hybridized carbons (Fsp3) is 0.158. The smallest absolute Gasteiger partial charge is 0.268 e. The van der Waals surface area contributed by atoms with Crippen molar-refractivity contribution in [2.45, 2.75) is 20.3 Å².